The number of rotatable bonds is 5. The van der Waals surface area contributed by atoms with Crippen molar-refractivity contribution in [1.29, 1.82) is 0 Å². The van der Waals surface area contributed by atoms with Crippen LogP contribution in [0.5, 0.6) is 17.2 Å². The van der Waals surface area contributed by atoms with Gasteiger partial charge in [0.1, 0.15) is 29.0 Å². The average molecular weight is 682 g/mol. The minimum Gasteiger partial charge on any atom is -0.507 e. The molecule has 0 saturated carbocycles. The van der Waals surface area contributed by atoms with Gasteiger partial charge >= 0.3 is 0 Å². The van der Waals surface area contributed by atoms with E-state index < -0.39 is 59.7 Å². The molecular weight excluding hydrogens is 646 g/mol. The summed E-state index contributed by atoms with van der Waals surface area (Å²) in [6, 6.07) is 4.47. The van der Waals surface area contributed by atoms with Gasteiger partial charge in [-0.05, 0) is 13.0 Å². The van der Waals surface area contributed by atoms with E-state index >= 15 is 0 Å². The van der Waals surface area contributed by atoms with Crippen molar-refractivity contribution in [2.45, 2.75) is 74.9 Å². The zero-order valence-electron chi connectivity index (χ0n) is 26.4. The summed E-state index contributed by atoms with van der Waals surface area (Å²) in [6.45, 7) is 2.96. The Hall–Kier alpha value is -3.67. The normalized spacial score (nSPS) is 32.6. The number of ether oxygens (including phenoxy) is 6. The number of nitrogens with two attached hydrogens (primary N) is 1. The number of phenols is 2. The number of aromatic nitrogens is 1. The Morgan fingerprint density at radius 2 is 1.90 bits per heavy atom. The number of hydrogen-bond donors (Lipinski definition) is 4. The molecule has 0 unspecified atom stereocenters. The summed E-state index contributed by atoms with van der Waals surface area (Å²) in [5, 5.41) is 37.7. The molecule has 3 saturated heterocycles. The fourth-order valence-corrected chi connectivity index (χ4v) is 8.68. The van der Waals surface area contributed by atoms with Gasteiger partial charge in [-0.2, -0.15) is 0 Å². The van der Waals surface area contributed by atoms with E-state index in [9.17, 15) is 24.9 Å². The third kappa shape index (κ3) is 4.60. The summed E-state index contributed by atoms with van der Waals surface area (Å²) in [6.07, 6.45) is -3.62. The molecule has 254 valence electrons. The van der Waals surface area contributed by atoms with Crippen LogP contribution in [0, 0.1) is 0 Å². The topological polar surface area (TPSA) is 192 Å². The van der Waals surface area contributed by atoms with Crippen LogP contribution in [-0.4, -0.2) is 101 Å². The van der Waals surface area contributed by atoms with Crippen molar-refractivity contribution in [3.63, 3.8) is 0 Å². The van der Waals surface area contributed by atoms with Gasteiger partial charge in [0.15, 0.2) is 29.7 Å². The smallest absolute Gasteiger partial charge is 0.202 e. The summed E-state index contributed by atoms with van der Waals surface area (Å²) in [5.74, 6) is -2.22. The molecule has 0 bridgehead atoms. The van der Waals surface area contributed by atoms with Crippen LogP contribution in [0.1, 0.15) is 74.5 Å². The predicted octanol–water partition coefficient (Wildman–Crippen LogP) is 2.35. The molecule has 48 heavy (non-hydrogen) atoms. The number of aliphatic hydroxyl groups is 1. The maximum atomic E-state index is 14.0. The van der Waals surface area contributed by atoms with Gasteiger partial charge in [0.05, 0.1) is 48.3 Å². The molecule has 4 heterocycles. The van der Waals surface area contributed by atoms with Crippen LogP contribution < -0.4 is 10.5 Å². The van der Waals surface area contributed by atoms with E-state index in [1.54, 1.807) is 24.6 Å². The molecule has 3 fully saturated rings. The number of nitrogens with zero attached hydrogens (tertiary/aromatic N) is 2. The van der Waals surface area contributed by atoms with E-state index in [1.807, 2.05) is 6.92 Å². The molecule has 14 nitrogen and oxygen atoms in total. The summed E-state index contributed by atoms with van der Waals surface area (Å²) in [4.78, 5) is 34.4. The molecule has 8 rings (SSSR count). The molecule has 2 aromatic carbocycles. The zero-order chi connectivity index (χ0) is 33.6. The number of ketones is 2. The molecule has 0 amide bonds. The fourth-order valence-electron chi connectivity index (χ4n) is 8.03. The lowest BCUT2D eigenvalue weighted by Crippen LogP contribution is -2.55. The number of carbonyl (C=O) groups is 2. The van der Waals surface area contributed by atoms with Gasteiger partial charge < -0.3 is 49.5 Å². The van der Waals surface area contributed by atoms with E-state index in [2.05, 4.69) is 9.88 Å². The summed E-state index contributed by atoms with van der Waals surface area (Å²) >= 11 is 1.14. The van der Waals surface area contributed by atoms with Crippen molar-refractivity contribution in [2.75, 3.05) is 33.1 Å². The number of methoxy groups -OCH3 is 2. The Labute approximate surface area is 278 Å². The second-order valence-corrected chi connectivity index (χ2v) is 13.7. The van der Waals surface area contributed by atoms with Gasteiger partial charge in [-0.25, -0.2) is 4.98 Å². The molecule has 0 radical (unpaired) electrons. The van der Waals surface area contributed by atoms with E-state index in [4.69, 9.17) is 34.2 Å². The Kier molecular flexibility index (Phi) is 7.54. The highest BCUT2D eigenvalue weighted by Crippen LogP contribution is 2.54. The molecule has 5 aliphatic rings. The zero-order valence-corrected chi connectivity index (χ0v) is 27.2. The van der Waals surface area contributed by atoms with E-state index in [-0.39, 0.29) is 74.9 Å². The number of anilines is 1. The van der Waals surface area contributed by atoms with Gasteiger partial charge in [-0.1, -0.05) is 12.1 Å². The minimum atomic E-state index is -1.72. The number of morpholine rings is 1. The molecule has 15 heteroatoms. The lowest BCUT2D eigenvalue weighted by atomic mass is 9.72. The third-order valence-corrected chi connectivity index (χ3v) is 10.9. The molecule has 3 aliphatic heterocycles. The van der Waals surface area contributed by atoms with Crippen molar-refractivity contribution in [1.82, 2.24) is 9.88 Å². The second kappa shape index (κ2) is 11.5. The number of aromatic hydroxyl groups is 2. The van der Waals surface area contributed by atoms with Crippen LogP contribution >= 0.6 is 11.3 Å². The fraction of sp³-hybridized carbons (Fsp3) is 0.485. The number of phenolic OH excluding ortho intramolecular Hbond substituents is 2. The van der Waals surface area contributed by atoms with Crippen molar-refractivity contribution in [3.8, 4) is 17.2 Å². The second-order valence-electron chi connectivity index (χ2n) is 12.8. The first-order valence-electron chi connectivity index (χ1n) is 15.7. The number of carbonyl (C=O) groups excluding carboxylic acids is 2. The Bertz CT molecular complexity index is 1830. The maximum absolute atomic E-state index is 14.0. The highest BCUT2D eigenvalue weighted by Gasteiger charge is 2.55. The quantitative estimate of drug-likeness (QED) is 0.224. The molecule has 5 N–H and O–H groups in total. The van der Waals surface area contributed by atoms with Gasteiger partial charge in [0, 0.05) is 61.0 Å². The molecule has 3 aromatic rings. The van der Waals surface area contributed by atoms with Crippen molar-refractivity contribution >= 4 is 28.0 Å². The van der Waals surface area contributed by atoms with Crippen LogP contribution in [0.15, 0.2) is 23.6 Å². The summed E-state index contributed by atoms with van der Waals surface area (Å²) < 4.78 is 35.9. The monoisotopic (exact) mass is 681 g/mol. The lowest BCUT2D eigenvalue weighted by molar-refractivity contribution is -0.256. The van der Waals surface area contributed by atoms with Crippen LogP contribution in [0.4, 0.5) is 5.13 Å². The van der Waals surface area contributed by atoms with Gasteiger partial charge in [0.2, 0.25) is 5.78 Å². The van der Waals surface area contributed by atoms with Gasteiger partial charge in [-0.15, -0.1) is 11.3 Å². The number of fused-ring (bicyclic) bond motifs is 6. The number of thiazole rings is 1. The highest BCUT2D eigenvalue weighted by molar-refractivity contribution is 7.13. The van der Waals surface area contributed by atoms with Crippen LogP contribution in [0.25, 0.3) is 0 Å². The maximum Gasteiger partial charge on any atom is 0.202 e. The van der Waals surface area contributed by atoms with Gasteiger partial charge in [-0.3, -0.25) is 14.5 Å². The largest absolute Gasteiger partial charge is 0.507 e. The predicted molar refractivity (Wildman–Crippen MR) is 167 cm³/mol. The SMILES string of the molecule is COc1cccc2c1C(=O)c1c(O)c3c(c(O)c1C2=O)C[C@@](O)(c1csc(N)n1)C[C@@H]3O[C@H]1C[C@H]2[C@H](O[C@@H]3[C@@H](OC)OCCN32)[C@H](C)O1. The third-order valence-electron chi connectivity index (χ3n) is 10.2. The Morgan fingerprint density at radius 3 is 2.62 bits per heavy atom. The molecule has 1 aromatic heterocycles. The van der Waals surface area contributed by atoms with Crippen LogP contribution in [-0.2, 0) is 35.7 Å². The number of hydrogen-bond acceptors (Lipinski definition) is 15. The number of nitrogen functional groups attached to an aromatic ring is 1. The lowest BCUT2D eigenvalue weighted by Gasteiger charge is -2.43. The first-order chi connectivity index (χ1) is 23.0. The van der Waals surface area contributed by atoms with Gasteiger partial charge in [0.25, 0.3) is 0 Å². The molecule has 2 aliphatic carbocycles. The standard InChI is InChI=1S/C33H35N3O11S/c1-13-29-16(36-7-8-44-31(43-3)30(36)47-29)9-20(45-13)46-18-11-33(41,19-12-48-32(34)35-19)10-15-22(18)28(40)24-23(26(15)38)25(37)14-5-4-6-17(42-2)21(14)27(24)39/h4-6,12-13,16,18,20,29-31,38,40-41H,7-11H2,1-3H3,(H2,34,35)/t13-,16-,18-,20-,29+,30+,31-,33-/m0/s1. The van der Waals surface area contributed by atoms with Crippen LogP contribution in [0.2, 0.25) is 0 Å². The minimum absolute atomic E-state index is 0.0129. The summed E-state index contributed by atoms with van der Waals surface area (Å²) in [5.41, 5.74) is 3.94. The Morgan fingerprint density at radius 1 is 1.10 bits per heavy atom. The molecular formula is C33H35N3O11S. The molecule has 8 atom stereocenters. The van der Waals surface area contributed by atoms with Crippen molar-refractivity contribution in [2.24, 2.45) is 0 Å². The van der Waals surface area contributed by atoms with Crippen molar-refractivity contribution < 1.29 is 53.3 Å². The van der Waals surface area contributed by atoms with E-state index in [0.29, 0.717) is 19.6 Å². The average Bonchev–Trinajstić information content (AvgIpc) is 3.69. The molecule has 0 spiro atoms. The van der Waals surface area contributed by atoms with Crippen molar-refractivity contribution in [3.05, 3.63) is 62.7 Å². The number of benzene rings is 2. The first-order valence-corrected chi connectivity index (χ1v) is 16.6. The van der Waals surface area contributed by atoms with Crippen LogP contribution in [0.3, 0.4) is 0 Å². The van der Waals surface area contributed by atoms with E-state index in [0.717, 1.165) is 11.3 Å². The summed E-state index contributed by atoms with van der Waals surface area (Å²) in [7, 11) is 2.94. The highest BCUT2D eigenvalue weighted by atomic mass is 32.1. The first kappa shape index (κ1) is 31.6. The Balaban J connectivity index is 1.22. The van der Waals surface area contributed by atoms with E-state index in [1.165, 1.54) is 13.2 Å².